The molecule has 0 aromatic heterocycles. The van der Waals surface area contributed by atoms with Crippen LogP contribution in [0.25, 0.3) is 0 Å². The molecule has 1 aliphatic heterocycles. The highest BCUT2D eigenvalue weighted by molar-refractivity contribution is 5.51. The van der Waals surface area contributed by atoms with Crippen molar-refractivity contribution in [2.24, 2.45) is 0 Å². The van der Waals surface area contributed by atoms with Crippen LogP contribution in [0.5, 0.6) is 0 Å². The third-order valence-electron chi connectivity index (χ3n) is 3.72. The Labute approximate surface area is 115 Å². The number of piperazine rings is 1. The van der Waals surface area contributed by atoms with Crippen LogP contribution in [0.1, 0.15) is 13.8 Å². The van der Waals surface area contributed by atoms with E-state index in [9.17, 15) is 4.39 Å². The number of hydrogen-bond acceptors (Lipinski definition) is 3. The number of hydrogen-bond donors (Lipinski definition) is 1. The molecule has 1 atom stereocenters. The summed E-state index contributed by atoms with van der Waals surface area (Å²) in [5.74, 6) is -0.171. The third kappa shape index (κ3) is 3.07. The molecule has 1 aliphatic rings. The number of halogens is 1. The number of anilines is 1. The number of likely N-dealkylation sites (N-methyl/N-ethyl adjacent to an activating group) is 2. The van der Waals surface area contributed by atoms with E-state index in [1.165, 1.54) is 6.07 Å². The summed E-state index contributed by atoms with van der Waals surface area (Å²) in [6, 6.07) is 7.27. The summed E-state index contributed by atoms with van der Waals surface area (Å²) in [5.41, 5.74) is 0.959. The molecule has 0 bridgehead atoms. The molecule has 3 nitrogen and oxygen atoms in total. The minimum Gasteiger partial charge on any atom is -0.359 e. The van der Waals surface area contributed by atoms with Gasteiger partial charge in [0.05, 0.1) is 6.04 Å². The predicted molar refractivity (Wildman–Crippen MR) is 78.2 cm³/mol. The van der Waals surface area contributed by atoms with Crippen LogP contribution in [0.4, 0.5) is 10.1 Å². The van der Waals surface area contributed by atoms with E-state index in [2.05, 4.69) is 36.0 Å². The van der Waals surface area contributed by atoms with Crippen molar-refractivity contribution in [2.75, 3.05) is 38.6 Å². The maximum atomic E-state index is 13.5. The lowest BCUT2D eigenvalue weighted by atomic mass is 9.93. The molecule has 1 aromatic carbocycles. The topological polar surface area (TPSA) is 18.5 Å². The molecule has 0 spiro atoms. The number of nitrogens with one attached hydrogen (secondary N) is 1. The highest BCUT2D eigenvalue weighted by Crippen LogP contribution is 2.31. The van der Waals surface area contributed by atoms with Crippen molar-refractivity contribution in [2.45, 2.75) is 25.4 Å². The van der Waals surface area contributed by atoms with Crippen LogP contribution >= 0.6 is 0 Å². The molecule has 19 heavy (non-hydrogen) atoms. The molecular weight excluding hydrogens is 241 g/mol. The maximum Gasteiger partial charge on any atom is 0.125 e. The van der Waals surface area contributed by atoms with Gasteiger partial charge in [0.1, 0.15) is 5.82 Å². The predicted octanol–water partition coefficient (Wildman–Crippen LogP) is 1.94. The maximum absolute atomic E-state index is 13.5. The molecule has 106 valence electrons. The molecule has 4 heteroatoms. The molecule has 0 amide bonds. The average molecular weight is 265 g/mol. The van der Waals surface area contributed by atoms with Gasteiger partial charge in [-0.25, -0.2) is 4.39 Å². The van der Waals surface area contributed by atoms with Gasteiger partial charge in [-0.2, -0.15) is 0 Å². The fraction of sp³-hybridized carbons (Fsp3) is 0.600. The fourth-order valence-corrected chi connectivity index (χ4v) is 3.31. The lowest BCUT2D eigenvalue weighted by Crippen LogP contribution is -2.65. The van der Waals surface area contributed by atoms with Crippen molar-refractivity contribution < 1.29 is 4.39 Å². The van der Waals surface area contributed by atoms with Gasteiger partial charge in [-0.05, 0) is 46.1 Å². The minimum atomic E-state index is -0.171. The van der Waals surface area contributed by atoms with E-state index in [4.69, 9.17) is 0 Å². The first-order valence-corrected chi connectivity index (χ1v) is 6.82. The van der Waals surface area contributed by atoms with Gasteiger partial charge < -0.3 is 15.1 Å². The van der Waals surface area contributed by atoms with E-state index in [-0.39, 0.29) is 11.4 Å². The second-order valence-corrected chi connectivity index (χ2v) is 6.07. The van der Waals surface area contributed by atoms with Crippen LogP contribution in [-0.2, 0) is 0 Å². The number of rotatable bonds is 3. The molecule has 1 fully saturated rings. The summed E-state index contributed by atoms with van der Waals surface area (Å²) in [6.45, 7) is 7.29. The molecule has 1 unspecified atom stereocenters. The zero-order valence-corrected chi connectivity index (χ0v) is 12.3. The lowest BCUT2D eigenvalue weighted by molar-refractivity contribution is 0.179. The monoisotopic (exact) mass is 265 g/mol. The normalized spacial score (nSPS) is 23.6. The van der Waals surface area contributed by atoms with E-state index in [1.807, 2.05) is 13.1 Å². The molecule has 1 N–H and O–H groups in total. The van der Waals surface area contributed by atoms with E-state index in [0.717, 1.165) is 25.3 Å². The Morgan fingerprint density at radius 3 is 2.79 bits per heavy atom. The Hall–Kier alpha value is -1.13. The fourth-order valence-electron chi connectivity index (χ4n) is 3.31. The number of nitrogens with zero attached hydrogens (tertiary/aromatic N) is 2. The summed E-state index contributed by atoms with van der Waals surface area (Å²) in [7, 11) is 4.11. The standard InChI is InChI=1S/C15H24FN3/c1-15(2)11-18(4)10-14(9-17-3)19(15)13-7-5-6-12(16)8-13/h5-8,14,17H,9-11H2,1-4H3. The molecule has 1 aromatic rings. The van der Waals surface area contributed by atoms with Crippen LogP contribution in [0.2, 0.25) is 0 Å². The summed E-state index contributed by atoms with van der Waals surface area (Å²) in [6.07, 6.45) is 0. The SMILES string of the molecule is CNCC1CN(C)CC(C)(C)N1c1cccc(F)c1. The van der Waals surface area contributed by atoms with E-state index >= 15 is 0 Å². The summed E-state index contributed by atoms with van der Waals surface area (Å²) >= 11 is 0. The quantitative estimate of drug-likeness (QED) is 0.901. The summed E-state index contributed by atoms with van der Waals surface area (Å²) in [5, 5.41) is 3.25. The van der Waals surface area contributed by atoms with Gasteiger partial charge in [-0.1, -0.05) is 6.07 Å². The Bertz CT molecular complexity index is 433. The van der Waals surface area contributed by atoms with Gasteiger partial charge in [0, 0.05) is 30.9 Å². The molecule has 0 aliphatic carbocycles. The van der Waals surface area contributed by atoms with Crippen LogP contribution < -0.4 is 10.2 Å². The zero-order valence-electron chi connectivity index (χ0n) is 12.3. The Morgan fingerprint density at radius 1 is 1.42 bits per heavy atom. The number of benzene rings is 1. The van der Waals surface area contributed by atoms with Crippen molar-refractivity contribution in [1.82, 2.24) is 10.2 Å². The van der Waals surface area contributed by atoms with Crippen molar-refractivity contribution >= 4 is 5.69 Å². The van der Waals surface area contributed by atoms with Crippen LogP contribution in [-0.4, -0.2) is 50.2 Å². The van der Waals surface area contributed by atoms with Crippen molar-refractivity contribution in [3.63, 3.8) is 0 Å². The van der Waals surface area contributed by atoms with Gasteiger partial charge in [0.15, 0.2) is 0 Å². The van der Waals surface area contributed by atoms with E-state index < -0.39 is 0 Å². The Kier molecular flexibility index (Phi) is 4.11. The third-order valence-corrected chi connectivity index (χ3v) is 3.72. The Morgan fingerprint density at radius 2 is 2.16 bits per heavy atom. The smallest absolute Gasteiger partial charge is 0.125 e. The van der Waals surface area contributed by atoms with Gasteiger partial charge in [0.25, 0.3) is 0 Å². The molecule has 0 saturated carbocycles. The van der Waals surface area contributed by atoms with Gasteiger partial charge in [0.2, 0.25) is 0 Å². The molecule has 1 saturated heterocycles. The zero-order chi connectivity index (χ0) is 14.0. The van der Waals surface area contributed by atoms with Gasteiger partial charge in [-0.15, -0.1) is 0 Å². The van der Waals surface area contributed by atoms with Crippen molar-refractivity contribution in [3.8, 4) is 0 Å². The highest BCUT2D eigenvalue weighted by atomic mass is 19.1. The average Bonchev–Trinajstić information content (AvgIpc) is 2.26. The lowest BCUT2D eigenvalue weighted by Gasteiger charge is -2.52. The molecule has 2 rings (SSSR count). The van der Waals surface area contributed by atoms with Crippen LogP contribution in [0.15, 0.2) is 24.3 Å². The second kappa shape index (κ2) is 5.47. The highest BCUT2D eigenvalue weighted by Gasteiger charge is 2.38. The first-order chi connectivity index (χ1) is 8.94. The molecule has 1 heterocycles. The summed E-state index contributed by atoms with van der Waals surface area (Å²) < 4.78 is 13.5. The van der Waals surface area contributed by atoms with E-state index in [0.29, 0.717) is 6.04 Å². The van der Waals surface area contributed by atoms with Crippen molar-refractivity contribution in [1.29, 1.82) is 0 Å². The largest absolute Gasteiger partial charge is 0.359 e. The van der Waals surface area contributed by atoms with Gasteiger partial charge in [-0.3, -0.25) is 0 Å². The first kappa shape index (κ1) is 14.3. The first-order valence-electron chi connectivity index (χ1n) is 6.82. The molecular formula is C15H24FN3. The van der Waals surface area contributed by atoms with E-state index in [1.54, 1.807) is 12.1 Å². The minimum absolute atomic E-state index is 0.0116. The van der Waals surface area contributed by atoms with Crippen LogP contribution in [0, 0.1) is 5.82 Å². The van der Waals surface area contributed by atoms with Gasteiger partial charge >= 0.3 is 0 Å². The summed E-state index contributed by atoms with van der Waals surface area (Å²) in [4.78, 5) is 4.70. The Balaban J connectivity index is 2.36. The molecule has 0 radical (unpaired) electrons. The van der Waals surface area contributed by atoms with Crippen molar-refractivity contribution in [3.05, 3.63) is 30.1 Å². The van der Waals surface area contributed by atoms with Crippen LogP contribution in [0.3, 0.4) is 0 Å². The second-order valence-electron chi connectivity index (χ2n) is 6.07.